The zero-order valence-corrected chi connectivity index (χ0v) is 50.6. The van der Waals surface area contributed by atoms with Crippen LogP contribution in [-0.2, 0) is 60.8 Å². The molecule has 0 aromatic heterocycles. The molecule has 0 bridgehead atoms. The number of alkyl carbamates (subject to hydrolysis) is 1. The minimum atomic E-state index is -2.45. The Labute approximate surface area is 509 Å². The number of nitrogens with one attached hydrogen (secondary N) is 6. The van der Waals surface area contributed by atoms with Crippen LogP contribution in [0.1, 0.15) is 148 Å². The lowest BCUT2D eigenvalue weighted by atomic mass is 9.72. The van der Waals surface area contributed by atoms with Crippen molar-refractivity contribution < 1.29 is 92.4 Å². The predicted octanol–water partition coefficient (Wildman–Crippen LogP) is 1.79. The Morgan fingerprint density at radius 2 is 1.40 bits per heavy atom. The highest BCUT2D eigenvalue weighted by atomic mass is 16.7. The summed E-state index contributed by atoms with van der Waals surface area (Å²) in [4.78, 5) is 138. The fourth-order valence-electron chi connectivity index (χ4n) is 11.7. The van der Waals surface area contributed by atoms with Crippen molar-refractivity contribution in [3.63, 3.8) is 0 Å². The van der Waals surface area contributed by atoms with E-state index >= 15 is 0 Å². The van der Waals surface area contributed by atoms with Crippen molar-refractivity contribution in [2.45, 2.75) is 167 Å². The Morgan fingerprint density at radius 1 is 0.761 bits per heavy atom. The average Bonchev–Trinajstić information content (AvgIpc) is 0.784. The third-order valence-corrected chi connectivity index (χ3v) is 16.0. The second-order valence-corrected chi connectivity index (χ2v) is 24.1. The van der Waals surface area contributed by atoms with Crippen molar-refractivity contribution in [2.24, 2.45) is 17.8 Å². The van der Waals surface area contributed by atoms with Gasteiger partial charge in [0.05, 0.1) is 48.6 Å². The summed E-state index contributed by atoms with van der Waals surface area (Å²) in [6.07, 6.45) is -6.92. The summed E-state index contributed by atoms with van der Waals surface area (Å²) in [6, 6.07) is 7.46. The molecule has 7 rings (SSSR count). The number of carbonyl (C=O) groups excluding carboxylic acids is 10. The predicted molar refractivity (Wildman–Crippen MR) is 312 cm³/mol. The molecular formula is C62H81N7O19. The number of rotatable bonds is 25. The summed E-state index contributed by atoms with van der Waals surface area (Å²) in [6.45, 7) is 10.4. The van der Waals surface area contributed by atoms with Gasteiger partial charge in [0, 0.05) is 42.5 Å². The van der Waals surface area contributed by atoms with Gasteiger partial charge in [-0.2, -0.15) is 0 Å². The van der Waals surface area contributed by atoms with Crippen molar-refractivity contribution in [2.75, 3.05) is 33.4 Å². The summed E-state index contributed by atoms with van der Waals surface area (Å²) >= 11 is 0. The molecule has 2 heterocycles. The summed E-state index contributed by atoms with van der Waals surface area (Å²) in [5.74, 6) is -9.03. The number of likely N-dealkylation sites (tertiary alicyclic amines) is 1. The van der Waals surface area contributed by atoms with Crippen LogP contribution in [-0.4, -0.2) is 177 Å². The maximum atomic E-state index is 14.4. The lowest BCUT2D eigenvalue weighted by Crippen LogP contribution is -2.60. The molecule has 88 heavy (non-hydrogen) atoms. The SMILES string of the molecule is COc1cccc2c1C(=O)c1c(O)c3c(c(O)c1C2=O)C[C@@](O)(C(=O)CO)C[C@@H]3O[C@H]1C[C@H](NC(=O)[C@H](CC(C)C)NC(=O)[C@H](CC(C)C)NC(=O)CNC(=O)[C@H](CC(C)C)NC(=O)[C@@H]2CCCN2C(=O)CNC(=O)OCc2ccccc2)[C@H](O)[C@H](C)O1. The van der Waals surface area contributed by atoms with Gasteiger partial charge in [0.15, 0.2) is 17.9 Å². The van der Waals surface area contributed by atoms with Crippen molar-refractivity contribution in [3.8, 4) is 17.2 Å². The number of aliphatic hydroxyl groups excluding tert-OH is 2. The summed E-state index contributed by atoms with van der Waals surface area (Å²) < 4.78 is 22.9. The molecule has 478 valence electrons. The molecule has 0 radical (unpaired) electrons. The van der Waals surface area contributed by atoms with Crippen LogP contribution < -0.4 is 36.6 Å². The van der Waals surface area contributed by atoms with Crippen LogP contribution in [0.5, 0.6) is 17.2 Å². The molecule has 26 heteroatoms. The lowest BCUT2D eigenvalue weighted by Gasteiger charge is -2.43. The van der Waals surface area contributed by atoms with E-state index in [2.05, 4.69) is 31.9 Å². The van der Waals surface area contributed by atoms with Crippen LogP contribution in [0.3, 0.4) is 0 Å². The van der Waals surface area contributed by atoms with E-state index in [1.807, 2.05) is 19.9 Å². The van der Waals surface area contributed by atoms with E-state index in [0.29, 0.717) is 12.8 Å². The van der Waals surface area contributed by atoms with E-state index in [4.69, 9.17) is 18.9 Å². The van der Waals surface area contributed by atoms with Gasteiger partial charge in [0.25, 0.3) is 0 Å². The molecule has 3 aromatic rings. The molecule has 4 aliphatic rings. The molecule has 0 unspecified atom stereocenters. The van der Waals surface area contributed by atoms with Crippen LogP contribution in [0.25, 0.3) is 0 Å². The van der Waals surface area contributed by atoms with Gasteiger partial charge in [-0.05, 0) is 68.4 Å². The van der Waals surface area contributed by atoms with Gasteiger partial charge in [0.2, 0.25) is 41.2 Å². The first-order valence-electron chi connectivity index (χ1n) is 29.6. The number of phenols is 2. The Balaban J connectivity index is 0.993. The first kappa shape index (κ1) is 67.5. The molecule has 0 saturated carbocycles. The number of Topliss-reactive ketones (excluding diaryl/α,β-unsaturated/α-hetero) is 1. The van der Waals surface area contributed by atoms with Crippen LogP contribution in [0.15, 0.2) is 48.5 Å². The van der Waals surface area contributed by atoms with Crippen LogP contribution >= 0.6 is 0 Å². The maximum Gasteiger partial charge on any atom is 0.407 e. The topological polar surface area (TPSA) is 384 Å². The monoisotopic (exact) mass is 1230 g/mol. The molecule has 10 atom stereocenters. The minimum Gasteiger partial charge on any atom is -0.507 e. The number of ether oxygens (including phenoxy) is 4. The number of fused-ring (bicyclic) bond motifs is 3. The number of amides is 7. The van der Waals surface area contributed by atoms with Crippen molar-refractivity contribution in [1.29, 1.82) is 0 Å². The second kappa shape index (κ2) is 29.3. The lowest BCUT2D eigenvalue weighted by molar-refractivity contribution is -0.249. The van der Waals surface area contributed by atoms with E-state index in [0.717, 1.165) is 5.56 Å². The fraction of sp³-hybridized carbons (Fsp3) is 0.548. The average molecular weight is 1230 g/mol. The van der Waals surface area contributed by atoms with Gasteiger partial charge in [-0.15, -0.1) is 0 Å². The van der Waals surface area contributed by atoms with Crippen LogP contribution in [0, 0.1) is 17.8 Å². The number of aliphatic hydroxyl groups is 3. The zero-order chi connectivity index (χ0) is 64.5. The van der Waals surface area contributed by atoms with Crippen LogP contribution in [0.4, 0.5) is 4.79 Å². The number of hydrogen-bond acceptors (Lipinski definition) is 19. The van der Waals surface area contributed by atoms with Gasteiger partial charge >= 0.3 is 6.09 Å². The molecule has 11 N–H and O–H groups in total. The summed E-state index contributed by atoms with van der Waals surface area (Å²) in [7, 11) is 1.28. The maximum absolute atomic E-state index is 14.4. The Hall–Kier alpha value is -8.04. The number of nitrogens with zero attached hydrogens (tertiary/aromatic N) is 1. The summed E-state index contributed by atoms with van der Waals surface area (Å²) in [5, 5.41) is 72.9. The Morgan fingerprint density at radius 3 is 2.03 bits per heavy atom. The molecule has 2 fully saturated rings. The van der Waals surface area contributed by atoms with Gasteiger partial charge < -0.3 is 81.3 Å². The number of ketones is 3. The second-order valence-electron chi connectivity index (χ2n) is 24.1. The van der Waals surface area contributed by atoms with E-state index < -0.39 is 174 Å². The normalized spacial score (nSPS) is 22.3. The minimum absolute atomic E-state index is 0.00796. The van der Waals surface area contributed by atoms with E-state index in [-0.39, 0.29) is 84.6 Å². The first-order valence-corrected chi connectivity index (χ1v) is 29.6. The fourth-order valence-corrected chi connectivity index (χ4v) is 11.7. The third-order valence-electron chi connectivity index (χ3n) is 16.0. The highest BCUT2D eigenvalue weighted by Crippen LogP contribution is 2.52. The number of aromatic hydroxyl groups is 2. The number of phenolic OH excluding ortho intramolecular Hbond substituents is 2. The molecule has 7 amide bonds. The first-order chi connectivity index (χ1) is 41.7. The molecule has 2 aliphatic heterocycles. The standard InChI is InChI=1S/C62H81N7O19/c1-30(2)20-38(68-60(82)41-17-13-19-69(41)46(73)27-64-61(83)86-29-34-14-10-9-11-15-34)57(79)63-26-45(72)65-39(21-31(3)4)58(80)67-40(22-32(5)6)59(81)66-37-23-47(87-33(7)52(37)74)88-43-25-62(84,44(71)28-70)24-36-49(43)56(78)51-50(54(36)76)53(75)35-16-12-18-42(85-8)48(35)55(51)77/h9-12,14-16,18,30-33,37-41,43,47,52,70,74,76,78,84H,13,17,19-29H2,1-8H3,(H,63,79)(H,64,83)(H,65,72)(H,66,81)(H,67,80)(H,68,82)/t33-,37-,38-,39-,40-,41-,43-,47-,52+,62-/m0/s1. The molecular weight excluding hydrogens is 1150 g/mol. The number of methoxy groups -OCH3 is 1. The van der Waals surface area contributed by atoms with Crippen molar-refractivity contribution in [1.82, 2.24) is 36.8 Å². The molecule has 3 aromatic carbocycles. The largest absolute Gasteiger partial charge is 0.507 e. The number of benzene rings is 3. The zero-order valence-electron chi connectivity index (χ0n) is 50.6. The highest BCUT2D eigenvalue weighted by Gasteiger charge is 2.51. The molecule has 2 saturated heterocycles. The number of carbonyl (C=O) groups is 10. The van der Waals surface area contributed by atoms with Crippen molar-refractivity contribution in [3.05, 3.63) is 87.5 Å². The molecule has 0 spiro atoms. The van der Waals surface area contributed by atoms with E-state index in [9.17, 15) is 73.5 Å². The quantitative estimate of drug-likeness (QED) is 0.0421. The van der Waals surface area contributed by atoms with Gasteiger partial charge in [-0.3, -0.25) is 43.2 Å². The summed E-state index contributed by atoms with van der Waals surface area (Å²) in [5.41, 5.74) is -3.79. The van der Waals surface area contributed by atoms with Gasteiger partial charge in [0.1, 0.15) is 72.9 Å². The molecule has 2 aliphatic carbocycles. The Bertz CT molecular complexity index is 3140. The van der Waals surface area contributed by atoms with Gasteiger partial charge in [-0.1, -0.05) is 84.0 Å². The molecule has 26 nitrogen and oxygen atoms in total. The van der Waals surface area contributed by atoms with Gasteiger partial charge in [-0.25, -0.2) is 4.79 Å². The van der Waals surface area contributed by atoms with Crippen LogP contribution in [0.2, 0.25) is 0 Å². The van der Waals surface area contributed by atoms with E-state index in [1.54, 1.807) is 52.0 Å². The number of hydrogen-bond donors (Lipinski definition) is 11. The van der Waals surface area contributed by atoms with E-state index in [1.165, 1.54) is 37.1 Å². The highest BCUT2D eigenvalue weighted by molar-refractivity contribution is 6.31. The smallest absolute Gasteiger partial charge is 0.407 e. The van der Waals surface area contributed by atoms with Crippen molar-refractivity contribution >= 4 is 58.9 Å². The Kier molecular flexibility index (Phi) is 22.5. The third kappa shape index (κ3) is 15.8.